The van der Waals surface area contributed by atoms with Crippen molar-refractivity contribution in [1.82, 2.24) is 10.3 Å². The highest BCUT2D eigenvalue weighted by Crippen LogP contribution is 2.22. The summed E-state index contributed by atoms with van der Waals surface area (Å²) in [6.45, 7) is 2.99. The lowest BCUT2D eigenvalue weighted by Crippen LogP contribution is -2.16. The van der Waals surface area contributed by atoms with Crippen molar-refractivity contribution in [3.63, 3.8) is 0 Å². The molecule has 1 aromatic carbocycles. The molecule has 0 aliphatic heterocycles. The predicted octanol–water partition coefficient (Wildman–Crippen LogP) is 3.96. The fourth-order valence-corrected chi connectivity index (χ4v) is 2.23. The Labute approximate surface area is 118 Å². The molecule has 0 saturated heterocycles. The Morgan fingerprint density at radius 1 is 1.16 bits per heavy atom. The van der Waals surface area contributed by atoms with Gasteiger partial charge in [0, 0.05) is 28.9 Å². The lowest BCUT2D eigenvalue weighted by molar-refractivity contribution is 0.682. The molecule has 3 heteroatoms. The Hall–Kier alpha value is -1.38. The molecule has 0 bridgehead atoms. The van der Waals surface area contributed by atoms with E-state index in [1.807, 2.05) is 24.3 Å². The molecule has 0 atom stereocenters. The Balaban J connectivity index is 1.79. The topological polar surface area (TPSA) is 24.9 Å². The molecule has 0 radical (unpaired) electrons. The van der Waals surface area contributed by atoms with Gasteiger partial charge in [-0.1, -0.05) is 29.8 Å². The number of halogens is 1. The monoisotopic (exact) mass is 272 g/mol. The lowest BCUT2D eigenvalue weighted by Gasteiger charge is -2.09. The third-order valence-corrected chi connectivity index (χ3v) is 3.75. The third-order valence-electron chi connectivity index (χ3n) is 3.49. The minimum atomic E-state index is 0.732. The van der Waals surface area contributed by atoms with Crippen molar-refractivity contribution >= 4 is 11.6 Å². The van der Waals surface area contributed by atoms with E-state index < -0.39 is 0 Å². The lowest BCUT2D eigenvalue weighted by atomic mass is 10.1. The summed E-state index contributed by atoms with van der Waals surface area (Å²) in [6, 6.07) is 12.8. The largest absolute Gasteiger partial charge is 0.310 e. The van der Waals surface area contributed by atoms with Crippen LogP contribution in [0.1, 0.15) is 24.1 Å². The van der Waals surface area contributed by atoms with Crippen LogP contribution < -0.4 is 5.32 Å². The molecule has 0 unspecified atom stereocenters. The summed E-state index contributed by atoms with van der Waals surface area (Å²) in [4.78, 5) is 4.69. The minimum absolute atomic E-state index is 0.732. The number of hydrogen-bond acceptors (Lipinski definition) is 2. The van der Waals surface area contributed by atoms with Gasteiger partial charge in [-0.15, -0.1) is 0 Å². The number of nitrogens with zero attached hydrogens (tertiary/aromatic N) is 1. The molecule has 98 valence electrons. The van der Waals surface area contributed by atoms with Crippen molar-refractivity contribution in [1.29, 1.82) is 0 Å². The van der Waals surface area contributed by atoms with E-state index >= 15 is 0 Å². The molecule has 1 heterocycles. The van der Waals surface area contributed by atoms with Crippen molar-refractivity contribution in [3.8, 4) is 11.3 Å². The van der Waals surface area contributed by atoms with E-state index in [0.29, 0.717) is 0 Å². The van der Waals surface area contributed by atoms with E-state index in [-0.39, 0.29) is 0 Å². The maximum atomic E-state index is 5.90. The van der Waals surface area contributed by atoms with Crippen LogP contribution in [-0.2, 0) is 6.54 Å². The molecule has 1 fully saturated rings. The Morgan fingerprint density at radius 2 is 1.89 bits per heavy atom. The highest BCUT2D eigenvalue weighted by atomic mass is 35.5. The molecule has 19 heavy (non-hydrogen) atoms. The fraction of sp³-hybridized carbons (Fsp3) is 0.312. The summed E-state index contributed by atoms with van der Waals surface area (Å²) >= 11 is 5.90. The smallest absolute Gasteiger partial charge is 0.0705 e. The molecular weight excluding hydrogens is 256 g/mol. The van der Waals surface area contributed by atoms with Crippen LogP contribution in [0.5, 0.6) is 0 Å². The zero-order valence-electron chi connectivity index (χ0n) is 11.0. The van der Waals surface area contributed by atoms with Gasteiger partial charge >= 0.3 is 0 Å². The first-order valence-corrected chi connectivity index (χ1v) is 7.06. The summed E-state index contributed by atoms with van der Waals surface area (Å²) in [5.74, 6) is 0. The maximum Gasteiger partial charge on any atom is 0.0705 e. The first kappa shape index (κ1) is 12.6. The van der Waals surface area contributed by atoms with Gasteiger partial charge in [-0.3, -0.25) is 4.98 Å². The summed E-state index contributed by atoms with van der Waals surface area (Å²) in [7, 11) is 0. The number of benzene rings is 1. The molecule has 1 N–H and O–H groups in total. The van der Waals surface area contributed by atoms with Crippen LogP contribution in [0.2, 0.25) is 5.02 Å². The second-order valence-corrected chi connectivity index (χ2v) is 5.54. The van der Waals surface area contributed by atoms with Crippen molar-refractivity contribution in [2.24, 2.45) is 0 Å². The summed E-state index contributed by atoms with van der Waals surface area (Å²) in [5.41, 5.74) is 4.49. The van der Waals surface area contributed by atoms with E-state index in [1.54, 1.807) is 0 Å². The summed E-state index contributed by atoms with van der Waals surface area (Å²) < 4.78 is 0. The van der Waals surface area contributed by atoms with Gasteiger partial charge in [0.15, 0.2) is 0 Å². The molecule has 1 aliphatic rings. The van der Waals surface area contributed by atoms with Crippen LogP contribution in [0.3, 0.4) is 0 Å². The summed E-state index contributed by atoms with van der Waals surface area (Å²) in [6.07, 6.45) is 2.63. The first-order valence-electron chi connectivity index (χ1n) is 6.68. The molecule has 2 nitrogen and oxygen atoms in total. The van der Waals surface area contributed by atoms with Crippen molar-refractivity contribution in [2.75, 3.05) is 0 Å². The zero-order chi connectivity index (χ0) is 13.2. The molecule has 1 saturated carbocycles. The number of aromatic nitrogens is 1. The van der Waals surface area contributed by atoms with E-state index in [2.05, 4.69) is 29.4 Å². The Bertz CT molecular complexity index is 574. The fourth-order valence-electron chi connectivity index (χ4n) is 2.10. The van der Waals surface area contributed by atoms with Gasteiger partial charge in [0.2, 0.25) is 0 Å². The highest BCUT2D eigenvalue weighted by Gasteiger charge is 2.20. The van der Waals surface area contributed by atoms with E-state index in [1.165, 1.54) is 18.4 Å². The van der Waals surface area contributed by atoms with E-state index in [9.17, 15) is 0 Å². The molecule has 2 aromatic rings. The SMILES string of the molecule is Cc1nc(-c2ccc(Cl)cc2)ccc1CNC1CC1. The van der Waals surface area contributed by atoms with Gasteiger partial charge in [0.25, 0.3) is 0 Å². The average Bonchev–Trinajstić information content (AvgIpc) is 3.22. The third kappa shape index (κ3) is 3.14. The quantitative estimate of drug-likeness (QED) is 0.911. The summed E-state index contributed by atoms with van der Waals surface area (Å²) in [5, 5.41) is 4.28. The molecule has 1 aromatic heterocycles. The van der Waals surface area contributed by atoms with Gasteiger partial charge in [0.1, 0.15) is 0 Å². The normalized spacial score (nSPS) is 14.6. The second-order valence-electron chi connectivity index (χ2n) is 5.10. The van der Waals surface area contributed by atoms with Crippen LogP contribution in [0.4, 0.5) is 0 Å². The van der Waals surface area contributed by atoms with E-state index in [4.69, 9.17) is 11.6 Å². The standard InChI is InChI=1S/C16H17ClN2/c1-11-13(10-18-15-7-8-15)4-9-16(19-11)12-2-5-14(17)6-3-12/h2-6,9,15,18H,7-8,10H2,1H3. The molecule has 0 amide bonds. The van der Waals surface area contributed by atoms with Gasteiger partial charge < -0.3 is 5.32 Å². The first-order chi connectivity index (χ1) is 9.22. The zero-order valence-corrected chi connectivity index (χ0v) is 11.7. The Kier molecular flexibility index (Phi) is 3.54. The maximum absolute atomic E-state index is 5.90. The van der Waals surface area contributed by atoms with Gasteiger partial charge in [-0.2, -0.15) is 0 Å². The van der Waals surface area contributed by atoms with Gasteiger partial charge in [-0.25, -0.2) is 0 Å². The average molecular weight is 273 g/mol. The predicted molar refractivity (Wildman–Crippen MR) is 79.3 cm³/mol. The van der Waals surface area contributed by atoms with Crippen LogP contribution in [0, 0.1) is 6.92 Å². The molecular formula is C16H17ClN2. The number of hydrogen-bond donors (Lipinski definition) is 1. The Morgan fingerprint density at radius 3 is 2.53 bits per heavy atom. The van der Waals surface area contributed by atoms with Crippen molar-refractivity contribution in [2.45, 2.75) is 32.4 Å². The van der Waals surface area contributed by atoms with Crippen LogP contribution in [0.15, 0.2) is 36.4 Å². The number of aryl methyl sites for hydroxylation is 1. The van der Waals surface area contributed by atoms with Crippen LogP contribution in [-0.4, -0.2) is 11.0 Å². The highest BCUT2D eigenvalue weighted by molar-refractivity contribution is 6.30. The van der Waals surface area contributed by atoms with Gasteiger partial charge in [-0.05, 0) is 43.5 Å². The number of rotatable bonds is 4. The number of nitrogens with one attached hydrogen (secondary N) is 1. The molecule has 3 rings (SSSR count). The molecule has 1 aliphatic carbocycles. The van der Waals surface area contributed by atoms with E-state index in [0.717, 1.165) is 34.6 Å². The molecule has 0 spiro atoms. The van der Waals surface area contributed by atoms with Crippen molar-refractivity contribution in [3.05, 3.63) is 52.7 Å². The van der Waals surface area contributed by atoms with Crippen molar-refractivity contribution < 1.29 is 0 Å². The second kappa shape index (κ2) is 5.32. The van der Waals surface area contributed by atoms with Gasteiger partial charge in [0.05, 0.1) is 5.69 Å². The number of pyridine rings is 1. The van der Waals surface area contributed by atoms with Crippen LogP contribution in [0.25, 0.3) is 11.3 Å². The minimum Gasteiger partial charge on any atom is -0.310 e. The van der Waals surface area contributed by atoms with Crippen LogP contribution >= 0.6 is 11.6 Å².